The summed E-state index contributed by atoms with van der Waals surface area (Å²) in [6.07, 6.45) is 6.56. The topological polar surface area (TPSA) is 78.5 Å². The maximum atomic E-state index is 12.5. The van der Waals surface area contributed by atoms with Gasteiger partial charge in [0.2, 0.25) is 5.91 Å². The van der Waals surface area contributed by atoms with Crippen LogP contribution in [0.5, 0.6) is 0 Å². The van der Waals surface area contributed by atoms with Crippen molar-refractivity contribution >= 4 is 17.8 Å². The minimum atomic E-state index is -0.732. The van der Waals surface area contributed by atoms with Gasteiger partial charge in [-0.05, 0) is 31.1 Å². The van der Waals surface area contributed by atoms with Gasteiger partial charge >= 0.3 is 6.03 Å². The van der Waals surface area contributed by atoms with E-state index in [2.05, 4.69) is 24.5 Å². The Morgan fingerprint density at radius 1 is 1.22 bits per heavy atom. The summed E-state index contributed by atoms with van der Waals surface area (Å²) in [7, 11) is 0. The van der Waals surface area contributed by atoms with Crippen LogP contribution < -0.4 is 10.6 Å². The monoisotopic (exact) mass is 321 g/mol. The second kappa shape index (κ2) is 6.13. The molecule has 1 saturated heterocycles. The lowest BCUT2D eigenvalue weighted by Gasteiger charge is -2.34. The van der Waals surface area contributed by atoms with Gasteiger partial charge in [0.25, 0.3) is 5.91 Å². The van der Waals surface area contributed by atoms with Gasteiger partial charge < -0.3 is 10.6 Å². The fraction of sp³-hybridized carbons (Fsp3) is 0.824. The van der Waals surface area contributed by atoms with Gasteiger partial charge in [-0.25, -0.2) is 4.79 Å². The molecule has 0 bridgehead atoms. The van der Waals surface area contributed by atoms with Crippen molar-refractivity contribution in [3.05, 3.63) is 0 Å². The maximum absolute atomic E-state index is 12.5. The van der Waals surface area contributed by atoms with Crippen molar-refractivity contribution in [3.63, 3.8) is 0 Å². The summed E-state index contributed by atoms with van der Waals surface area (Å²) in [6.45, 7) is 4.21. The third kappa shape index (κ3) is 2.95. The van der Waals surface area contributed by atoms with Gasteiger partial charge in [0.1, 0.15) is 12.1 Å². The molecule has 3 atom stereocenters. The third-order valence-corrected chi connectivity index (χ3v) is 6.06. The molecule has 0 aromatic heterocycles. The Bertz CT molecular complexity index is 513. The summed E-state index contributed by atoms with van der Waals surface area (Å²) in [5.41, 5.74) is -0.732. The molecule has 1 heterocycles. The van der Waals surface area contributed by atoms with E-state index in [1.165, 1.54) is 6.42 Å². The summed E-state index contributed by atoms with van der Waals surface area (Å²) in [5, 5.41) is 5.84. The fourth-order valence-electron chi connectivity index (χ4n) is 4.32. The molecule has 2 N–H and O–H groups in total. The minimum absolute atomic E-state index is 0.146. The van der Waals surface area contributed by atoms with Crippen LogP contribution in [0, 0.1) is 11.8 Å². The van der Waals surface area contributed by atoms with Gasteiger partial charge in [0.15, 0.2) is 0 Å². The van der Waals surface area contributed by atoms with Gasteiger partial charge in [0.05, 0.1) is 0 Å². The van der Waals surface area contributed by atoms with Crippen LogP contribution in [0.1, 0.15) is 58.8 Å². The number of hydrogen-bond acceptors (Lipinski definition) is 3. The van der Waals surface area contributed by atoms with Crippen molar-refractivity contribution in [1.29, 1.82) is 0 Å². The second-order valence-corrected chi connectivity index (χ2v) is 7.55. The Kier molecular flexibility index (Phi) is 4.34. The predicted octanol–water partition coefficient (Wildman–Crippen LogP) is 1.79. The SMILES string of the molecule is C[C@@H]1[C@H](C)CCC[C@H]1NC(=O)CN1C(=O)NC2(CCCC2)C1=O. The lowest BCUT2D eigenvalue weighted by Crippen LogP contribution is -2.49. The number of urea groups is 1. The van der Waals surface area contributed by atoms with Crippen molar-refractivity contribution in [2.45, 2.75) is 70.4 Å². The molecule has 128 valence electrons. The van der Waals surface area contributed by atoms with Crippen LogP contribution in [-0.2, 0) is 9.59 Å². The average molecular weight is 321 g/mol. The molecular weight excluding hydrogens is 294 g/mol. The lowest BCUT2D eigenvalue weighted by atomic mass is 9.78. The fourth-order valence-corrected chi connectivity index (χ4v) is 4.32. The molecule has 3 fully saturated rings. The minimum Gasteiger partial charge on any atom is -0.352 e. The van der Waals surface area contributed by atoms with E-state index in [1.54, 1.807) is 0 Å². The molecule has 1 aliphatic heterocycles. The summed E-state index contributed by atoms with van der Waals surface area (Å²) in [6, 6.07) is -0.274. The van der Waals surface area contributed by atoms with Gasteiger partial charge in [-0.1, -0.05) is 39.5 Å². The summed E-state index contributed by atoms with van der Waals surface area (Å²) >= 11 is 0. The number of nitrogens with zero attached hydrogens (tertiary/aromatic N) is 1. The van der Waals surface area contributed by atoms with E-state index < -0.39 is 11.6 Å². The van der Waals surface area contributed by atoms with E-state index in [4.69, 9.17) is 0 Å². The van der Waals surface area contributed by atoms with Gasteiger partial charge in [-0.3, -0.25) is 14.5 Å². The van der Waals surface area contributed by atoms with E-state index in [1.807, 2.05) is 0 Å². The molecule has 6 heteroatoms. The molecule has 0 aromatic carbocycles. The number of imide groups is 1. The standard InChI is InChI=1S/C17H27N3O3/c1-11-6-5-7-13(12(11)2)18-14(21)10-20-15(22)17(19-16(20)23)8-3-4-9-17/h11-13H,3-10H2,1-2H3,(H,18,21)(H,19,23)/t11-,12-,13-/m1/s1. The first-order valence-corrected chi connectivity index (χ1v) is 8.86. The molecule has 23 heavy (non-hydrogen) atoms. The van der Waals surface area contributed by atoms with Crippen LogP contribution in [0.3, 0.4) is 0 Å². The molecule has 2 aliphatic carbocycles. The number of amides is 4. The van der Waals surface area contributed by atoms with Crippen molar-refractivity contribution in [3.8, 4) is 0 Å². The van der Waals surface area contributed by atoms with Crippen molar-refractivity contribution < 1.29 is 14.4 Å². The Labute approximate surface area is 137 Å². The van der Waals surface area contributed by atoms with Crippen molar-refractivity contribution in [2.75, 3.05) is 6.54 Å². The van der Waals surface area contributed by atoms with Gasteiger partial charge in [-0.15, -0.1) is 0 Å². The number of carbonyl (C=O) groups excluding carboxylic acids is 3. The summed E-state index contributed by atoms with van der Waals surface area (Å²) in [4.78, 5) is 38.1. The molecule has 0 aromatic rings. The number of carbonyl (C=O) groups is 3. The number of hydrogen-bond donors (Lipinski definition) is 2. The smallest absolute Gasteiger partial charge is 0.325 e. The van der Waals surface area contributed by atoms with Gasteiger partial charge in [-0.2, -0.15) is 0 Å². The Hall–Kier alpha value is -1.59. The van der Waals surface area contributed by atoms with E-state index in [-0.39, 0.29) is 24.4 Å². The molecule has 3 aliphatic rings. The van der Waals surface area contributed by atoms with Crippen molar-refractivity contribution in [1.82, 2.24) is 15.5 Å². The van der Waals surface area contributed by atoms with Crippen LogP contribution in [-0.4, -0.2) is 40.9 Å². The second-order valence-electron chi connectivity index (χ2n) is 7.55. The zero-order chi connectivity index (χ0) is 16.6. The highest BCUT2D eigenvalue weighted by Gasteiger charge is 2.52. The molecule has 3 rings (SSSR count). The molecular formula is C17H27N3O3. The Morgan fingerprint density at radius 2 is 1.91 bits per heavy atom. The normalized spacial score (nSPS) is 33.1. The van der Waals surface area contributed by atoms with Crippen LogP contribution in [0.2, 0.25) is 0 Å². The summed E-state index contributed by atoms with van der Waals surface area (Å²) < 4.78 is 0. The zero-order valence-electron chi connectivity index (χ0n) is 14.1. The van der Waals surface area contributed by atoms with E-state index in [0.29, 0.717) is 24.7 Å². The highest BCUT2D eigenvalue weighted by molar-refractivity contribution is 6.09. The van der Waals surface area contributed by atoms with Crippen LogP contribution >= 0.6 is 0 Å². The molecule has 0 radical (unpaired) electrons. The first-order valence-electron chi connectivity index (χ1n) is 8.86. The molecule has 1 spiro atoms. The molecule has 4 amide bonds. The lowest BCUT2D eigenvalue weighted by molar-refractivity contribution is -0.135. The zero-order valence-corrected chi connectivity index (χ0v) is 14.1. The first kappa shape index (κ1) is 16.3. The first-order chi connectivity index (χ1) is 10.9. The van der Waals surface area contributed by atoms with E-state index >= 15 is 0 Å². The predicted molar refractivity (Wildman–Crippen MR) is 85.6 cm³/mol. The number of rotatable bonds is 3. The largest absolute Gasteiger partial charge is 0.352 e. The Morgan fingerprint density at radius 3 is 2.61 bits per heavy atom. The number of nitrogens with one attached hydrogen (secondary N) is 2. The maximum Gasteiger partial charge on any atom is 0.325 e. The molecule has 6 nitrogen and oxygen atoms in total. The third-order valence-electron chi connectivity index (χ3n) is 6.06. The molecule has 2 saturated carbocycles. The van der Waals surface area contributed by atoms with Crippen LogP contribution in [0.15, 0.2) is 0 Å². The van der Waals surface area contributed by atoms with Crippen LogP contribution in [0.4, 0.5) is 4.79 Å². The highest BCUT2D eigenvalue weighted by atomic mass is 16.2. The van der Waals surface area contributed by atoms with E-state index in [9.17, 15) is 14.4 Å². The highest BCUT2D eigenvalue weighted by Crippen LogP contribution is 2.35. The van der Waals surface area contributed by atoms with E-state index in [0.717, 1.165) is 30.6 Å². The molecule has 0 unspecified atom stereocenters. The van der Waals surface area contributed by atoms with Crippen LogP contribution in [0.25, 0.3) is 0 Å². The van der Waals surface area contributed by atoms with Crippen molar-refractivity contribution in [2.24, 2.45) is 11.8 Å². The quantitative estimate of drug-likeness (QED) is 0.778. The van der Waals surface area contributed by atoms with Gasteiger partial charge in [0, 0.05) is 6.04 Å². The average Bonchev–Trinajstić information content (AvgIpc) is 3.06. The summed E-state index contributed by atoms with van der Waals surface area (Å²) in [5.74, 6) is 0.569. The Balaban J connectivity index is 1.59.